The summed E-state index contributed by atoms with van der Waals surface area (Å²) in [6, 6.07) is 6.71. The van der Waals surface area contributed by atoms with E-state index in [1.165, 1.54) is 0 Å². The molecule has 2 aromatic rings. The van der Waals surface area contributed by atoms with Crippen LogP contribution in [0.2, 0.25) is 0 Å². The Morgan fingerprint density at radius 1 is 1.14 bits per heavy atom. The first kappa shape index (κ1) is 19.0. The number of tetrazole rings is 1. The number of nitro groups is 1. The summed E-state index contributed by atoms with van der Waals surface area (Å²) < 4.78 is 9.77. The van der Waals surface area contributed by atoms with Crippen molar-refractivity contribution in [3.05, 3.63) is 39.2 Å². The molecule has 0 N–H and O–H groups in total. The highest BCUT2D eigenvalue weighted by molar-refractivity contribution is 7.71. The molecule has 0 amide bonds. The third kappa shape index (κ3) is 4.21. The Bertz CT molecular complexity index is 868. The number of piperazine rings is 1. The van der Waals surface area contributed by atoms with Crippen LogP contribution in [0.4, 0.5) is 11.4 Å². The number of benzene rings is 1. The molecular weight excluding hydrogens is 382 g/mol. The Hall–Kier alpha value is -2.37. The summed E-state index contributed by atoms with van der Waals surface area (Å²) in [6.07, 6.45) is 2.31. The lowest BCUT2D eigenvalue weighted by atomic mass is 10.2. The van der Waals surface area contributed by atoms with Crippen LogP contribution in [0.1, 0.15) is 12.8 Å². The van der Waals surface area contributed by atoms with Gasteiger partial charge in [0, 0.05) is 50.6 Å². The van der Waals surface area contributed by atoms with Gasteiger partial charge < -0.3 is 9.64 Å². The normalized spacial score (nSPS) is 20.6. The van der Waals surface area contributed by atoms with Gasteiger partial charge in [-0.15, -0.1) is 0 Å². The topological polar surface area (TPSA) is 94.5 Å². The summed E-state index contributed by atoms with van der Waals surface area (Å²) in [7, 11) is 0. The molecule has 10 nitrogen and oxygen atoms in total. The lowest BCUT2D eigenvalue weighted by Crippen LogP contribution is -2.47. The quantitative estimate of drug-likeness (QED) is 0.407. The highest BCUT2D eigenvalue weighted by atomic mass is 32.1. The molecule has 1 aromatic heterocycles. The Morgan fingerprint density at radius 2 is 1.86 bits per heavy atom. The van der Waals surface area contributed by atoms with Crippen molar-refractivity contribution in [2.24, 2.45) is 0 Å². The van der Waals surface area contributed by atoms with Gasteiger partial charge >= 0.3 is 0 Å². The number of anilines is 1. The van der Waals surface area contributed by atoms with Gasteiger partial charge in [-0.1, -0.05) is 0 Å². The fourth-order valence-electron chi connectivity index (χ4n) is 3.61. The van der Waals surface area contributed by atoms with Crippen molar-refractivity contribution in [1.29, 1.82) is 0 Å². The van der Waals surface area contributed by atoms with Crippen molar-refractivity contribution in [3.8, 4) is 0 Å². The van der Waals surface area contributed by atoms with Gasteiger partial charge in [0.1, 0.15) is 0 Å². The first-order valence-corrected chi connectivity index (χ1v) is 9.85. The lowest BCUT2D eigenvalue weighted by Gasteiger charge is -2.35. The highest BCUT2D eigenvalue weighted by Gasteiger charge is 2.21. The van der Waals surface area contributed by atoms with E-state index in [1.54, 1.807) is 33.6 Å². The van der Waals surface area contributed by atoms with Crippen molar-refractivity contribution in [2.75, 3.05) is 37.7 Å². The Labute approximate surface area is 167 Å². The summed E-state index contributed by atoms with van der Waals surface area (Å²) >= 11 is 5.51. The van der Waals surface area contributed by atoms with Crippen LogP contribution < -0.4 is 4.90 Å². The maximum absolute atomic E-state index is 10.8. The number of hydrogen-bond donors (Lipinski definition) is 0. The van der Waals surface area contributed by atoms with E-state index >= 15 is 0 Å². The smallest absolute Gasteiger partial charge is 0.269 e. The van der Waals surface area contributed by atoms with Gasteiger partial charge in [0.05, 0.1) is 24.2 Å². The van der Waals surface area contributed by atoms with Crippen molar-refractivity contribution in [1.82, 2.24) is 24.7 Å². The van der Waals surface area contributed by atoms with Crippen LogP contribution in [0.15, 0.2) is 24.3 Å². The maximum atomic E-state index is 10.8. The molecule has 2 aliphatic rings. The second-order valence-electron chi connectivity index (χ2n) is 7.10. The molecule has 150 valence electrons. The number of ether oxygens (including phenoxy) is 1. The number of non-ortho nitro benzene ring substituents is 1. The molecular formula is C17H23N7O3S. The molecule has 2 saturated heterocycles. The van der Waals surface area contributed by atoms with Crippen molar-refractivity contribution in [3.63, 3.8) is 0 Å². The minimum absolute atomic E-state index is 0.114. The van der Waals surface area contributed by atoms with Crippen LogP contribution >= 0.6 is 12.2 Å². The predicted molar refractivity (Wildman–Crippen MR) is 105 cm³/mol. The average Bonchev–Trinajstić information content (AvgIpc) is 3.34. The second kappa shape index (κ2) is 8.33. The molecule has 0 bridgehead atoms. The molecule has 1 atom stereocenters. The van der Waals surface area contributed by atoms with E-state index in [2.05, 4.69) is 20.2 Å². The van der Waals surface area contributed by atoms with E-state index < -0.39 is 0 Å². The standard InChI is InChI=1S/C17H23N7O3S/c25-24(26)15-5-3-14(4-6-15)21-9-7-20(8-10-21)13-23-17(28)22(18-19-23)12-16-2-1-11-27-16/h3-6,16H,1-2,7-13H2. The third-order valence-electron chi connectivity index (χ3n) is 5.23. The minimum Gasteiger partial charge on any atom is -0.376 e. The Kier molecular flexibility index (Phi) is 5.64. The van der Waals surface area contributed by atoms with Crippen LogP contribution in [0.25, 0.3) is 0 Å². The van der Waals surface area contributed by atoms with Crippen LogP contribution in [0.5, 0.6) is 0 Å². The minimum atomic E-state index is -0.378. The first-order chi connectivity index (χ1) is 13.6. The fraction of sp³-hybridized carbons (Fsp3) is 0.588. The fourth-order valence-corrected chi connectivity index (χ4v) is 3.82. The molecule has 0 saturated carbocycles. The first-order valence-electron chi connectivity index (χ1n) is 9.44. The Morgan fingerprint density at radius 3 is 2.50 bits per heavy atom. The zero-order valence-electron chi connectivity index (χ0n) is 15.5. The van der Waals surface area contributed by atoms with Gasteiger partial charge in [-0.25, -0.2) is 9.36 Å². The summed E-state index contributed by atoms with van der Waals surface area (Å²) in [6.45, 7) is 5.48. The van der Waals surface area contributed by atoms with Crippen LogP contribution in [-0.4, -0.2) is 68.5 Å². The average molecular weight is 405 g/mol. The summed E-state index contributed by atoms with van der Waals surface area (Å²) in [4.78, 5) is 14.9. The molecule has 1 unspecified atom stereocenters. The monoisotopic (exact) mass is 405 g/mol. The highest BCUT2D eigenvalue weighted by Crippen LogP contribution is 2.21. The molecule has 0 spiro atoms. The zero-order valence-corrected chi connectivity index (χ0v) is 16.3. The molecule has 3 heterocycles. The van der Waals surface area contributed by atoms with E-state index in [9.17, 15) is 10.1 Å². The van der Waals surface area contributed by atoms with E-state index in [0.29, 0.717) is 18.0 Å². The van der Waals surface area contributed by atoms with Gasteiger partial charge in [0.2, 0.25) is 4.77 Å². The number of nitrogens with zero attached hydrogens (tertiary/aromatic N) is 7. The number of rotatable bonds is 6. The summed E-state index contributed by atoms with van der Waals surface area (Å²) in [5.74, 6) is 0. The van der Waals surface area contributed by atoms with Crippen LogP contribution in [0, 0.1) is 14.9 Å². The van der Waals surface area contributed by atoms with Crippen LogP contribution in [0.3, 0.4) is 0 Å². The van der Waals surface area contributed by atoms with Crippen molar-refractivity contribution in [2.45, 2.75) is 32.2 Å². The van der Waals surface area contributed by atoms with Gasteiger partial charge in [-0.2, -0.15) is 0 Å². The zero-order chi connectivity index (χ0) is 19.5. The second-order valence-corrected chi connectivity index (χ2v) is 7.46. The largest absolute Gasteiger partial charge is 0.376 e. The molecule has 2 aliphatic heterocycles. The van der Waals surface area contributed by atoms with Gasteiger partial charge in [0.15, 0.2) is 0 Å². The SMILES string of the molecule is O=[N+]([O-])c1ccc(N2CCN(Cn3nnn(CC4CCCO4)c3=S)CC2)cc1. The predicted octanol–water partition coefficient (Wildman–Crippen LogP) is 1.68. The molecule has 2 fully saturated rings. The van der Waals surface area contributed by atoms with Gasteiger partial charge in [-0.3, -0.25) is 15.0 Å². The maximum Gasteiger partial charge on any atom is 0.269 e. The third-order valence-corrected chi connectivity index (χ3v) is 5.65. The molecule has 1 aromatic carbocycles. The number of aromatic nitrogens is 4. The van der Waals surface area contributed by atoms with E-state index in [0.717, 1.165) is 51.3 Å². The number of nitro benzene ring substituents is 1. The van der Waals surface area contributed by atoms with Crippen molar-refractivity contribution >= 4 is 23.6 Å². The lowest BCUT2D eigenvalue weighted by molar-refractivity contribution is -0.384. The number of hydrogen-bond acceptors (Lipinski definition) is 8. The molecule has 11 heteroatoms. The van der Waals surface area contributed by atoms with Gasteiger partial charge in [0.25, 0.3) is 5.69 Å². The Balaban J connectivity index is 1.31. The van der Waals surface area contributed by atoms with E-state index in [4.69, 9.17) is 17.0 Å². The summed E-state index contributed by atoms with van der Waals surface area (Å²) in [5.41, 5.74) is 1.12. The van der Waals surface area contributed by atoms with E-state index in [1.807, 2.05) is 0 Å². The molecule has 28 heavy (non-hydrogen) atoms. The van der Waals surface area contributed by atoms with Crippen molar-refractivity contribution < 1.29 is 9.66 Å². The molecule has 4 rings (SSSR count). The molecule has 0 aliphatic carbocycles. The molecule has 0 radical (unpaired) electrons. The summed E-state index contributed by atoms with van der Waals surface area (Å²) in [5, 5.41) is 19.2. The van der Waals surface area contributed by atoms with Gasteiger partial charge in [-0.05, 0) is 47.6 Å². The van der Waals surface area contributed by atoms with Crippen LogP contribution in [-0.2, 0) is 18.0 Å². The van der Waals surface area contributed by atoms with E-state index in [-0.39, 0.29) is 16.7 Å².